The first kappa shape index (κ1) is 78.9. The fourth-order valence-electron chi connectivity index (χ4n) is 18.6. The fraction of sp³-hybridized carbons (Fsp3) is 0.525. The molecule has 5 fully saturated rings. The number of para-hydroxylation sites is 1. The Morgan fingerprint density at radius 3 is 2.24 bits per heavy atom. The number of carbonyl (C=O) groups is 9. The third-order valence-electron chi connectivity index (χ3n) is 22.6. The number of likely N-dealkylation sites (tertiary alicyclic amines) is 1. The SMILES string of the molecule is Cc1c(-c2ccc(N3CCc4cccc(C(=O)Nc5nc6ccccc6s5)c4C3)nc2C(=O)O)cnn1CC12CC3(C)CC(C)(C1)CC(OCCN(CCCC(=O)O)C1CCN(C(=O)OCc4ccc(NC(=O)[C@H](CCCNC(N)=O)NC(O)[C@@H](NC(=O)CCCCCN5C(=O)C=CC5=O)C(C)C)cc4)CC1)(C3)C2. The fourth-order valence-corrected chi connectivity index (χ4v) is 19.5. The summed E-state index contributed by atoms with van der Waals surface area (Å²) in [6.45, 7) is 14.9. The lowest BCUT2D eigenvalue weighted by molar-refractivity contribution is -0.249. The molecule has 6 aromatic rings. The standard InChI is InChI=1S/C80H102N14O14S/c1-50(2)68(88-64(95)19-7-6-10-34-93-65(96)27-28-66(93)97)72(102)85-61(17-12-32-82-74(81)105)71(101)84-54-23-21-52(22-24-54)42-107-76(106)91-36-30-55(31-37-91)90(33-13-20-67(98)99)38-39-108-80-46-77(4)43-78(5,47-80)45-79(44-77,48-80)49-94-51(3)58(40-83-94)56-25-26-63(87-69(56)73(103)104)92-35-29-53-14-11-15-57(59(53)41-92)70(100)89-75-86-60-16-8-9-18-62(60)109-75/h8-9,11,14-16,18,21-28,40,50,55,61,68,72,85,102H,6-7,10,12-13,17,19-20,29-39,41-49H2,1-5H3,(H,84,101)(H,88,95)(H,98,99)(H,103,104)(H3,81,82,105)(H,86,89,100)/t61-,68-,72?,77?,78?,79?,80?/m0/s1. The minimum atomic E-state index is -1.35. The van der Waals surface area contributed by atoms with E-state index in [2.05, 4.69) is 55.0 Å². The molecule has 3 unspecified atom stereocenters. The van der Waals surface area contributed by atoms with Gasteiger partial charge in [0.15, 0.2) is 10.8 Å². The second-order valence-electron chi connectivity index (χ2n) is 31.8. The number of thiazole rings is 1. The lowest BCUT2D eigenvalue weighted by Crippen LogP contribution is -2.64. The van der Waals surface area contributed by atoms with Gasteiger partial charge in [-0.3, -0.25) is 53.9 Å². The Hall–Kier alpha value is -9.68. The molecule has 3 aromatic carbocycles. The average Bonchev–Trinajstić information content (AvgIpc) is 1.69. The smallest absolute Gasteiger partial charge is 0.410 e. The Morgan fingerprint density at radius 2 is 1.53 bits per heavy atom. The quantitative estimate of drug-likeness (QED) is 0.0101. The van der Waals surface area contributed by atoms with Crippen molar-refractivity contribution in [3.05, 3.63) is 131 Å². The van der Waals surface area contributed by atoms with Gasteiger partial charge in [0.2, 0.25) is 11.8 Å². The number of carboxylic acids is 2. The van der Waals surface area contributed by atoms with Crippen LogP contribution < -0.4 is 37.2 Å². The van der Waals surface area contributed by atoms with Gasteiger partial charge >= 0.3 is 24.1 Å². The number of anilines is 3. The monoisotopic (exact) mass is 1510 g/mol. The van der Waals surface area contributed by atoms with Crippen molar-refractivity contribution in [3.8, 4) is 11.1 Å². The minimum absolute atomic E-state index is 0.0154. The number of ether oxygens (including phenoxy) is 2. The van der Waals surface area contributed by atoms with Gasteiger partial charge in [0.25, 0.3) is 17.7 Å². The van der Waals surface area contributed by atoms with Crippen LogP contribution in [0.3, 0.4) is 0 Å². The van der Waals surface area contributed by atoms with Gasteiger partial charge in [0.1, 0.15) is 18.7 Å². The molecule has 6 heterocycles. The van der Waals surface area contributed by atoms with Gasteiger partial charge in [0, 0.05) is 111 Å². The zero-order valence-corrected chi connectivity index (χ0v) is 63.6. The Balaban J connectivity index is 0.624. The first-order chi connectivity index (χ1) is 52.1. The van der Waals surface area contributed by atoms with Crippen LogP contribution in [0.4, 0.5) is 26.2 Å². The Morgan fingerprint density at radius 1 is 0.789 bits per heavy atom. The number of carbonyl (C=O) groups excluding carboxylic acids is 7. The molecule has 3 aliphatic heterocycles. The van der Waals surface area contributed by atoms with Crippen LogP contribution in [0.15, 0.2) is 97.2 Å². The van der Waals surface area contributed by atoms with Crippen LogP contribution in [0.1, 0.15) is 174 Å². The number of primary amides is 1. The van der Waals surface area contributed by atoms with Crippen molar-refractivity contribution in [2.75, 3.05) is 68.0 Å². The molecule has 3 aromatic heterocycles. The molecular formula is C80H102N14O14S. The number of urea groups is 1. The summed E-state index contributed by atoms with van der Waals surface area (Å²) in [5.41, 5.74) is 11.1. The third-order valence-corrected chi connectivity index (χ3v) is 23.6. The van der Waals surface area contributed by atoms with Crippen LogP contribution in [-0.4, -0.2) is 186 Å². The maximum Gasteiger partial charge on any atom is 0.410 e. The zero-order valence-electron chi connectivity index (χ0n) is 62.8. The molecule has 13 rings (SSSR count). The predicted molar refractivity (Wildman–Crippen MR) is 410 cm³/mol. The number of unbranched alkanes of at least 4 members (excludes halogenated alkanes) is 2. The Bertz CT molecular complexity index is 4330. The minimum Gasteiger partial charge on any atom is -0.481 e. The molecule has 4 aliphatic carbocycles. The number of carboxylic acid groups (broad SMARTS) is 2. The van der Waals surface area contributed by atoms with Crippen LogP contribution in [0, 0.1) is 29.1 Å². The molecule has 29 heteroatoms. The summed E-state index contributed by atoms with van der Waals surface area (Å²) >= 11 is 1.42. The first-order valence-electron chi connectivity index (χ1n) is 38.2. The van der Waals surface area contributed by atoms with Gasteiger partial charge < -0.3 is 56.3 Å². The molecule has 4 saturated carbocycles. The van der Waals surface area contributed by atoms with E-state index in [0.29, 0.717) is 143 Å². The van der Waals surface area contributed by atoms with Gasteiger partial charge in [-0.25, -0.2) is 24.4 Å². The van der Waals surface area contributed by atoms with E-state index in [9.17, 15) is 58.5 Å². The number of amides is 8. The number of hydrogen-bond donors (Lipinski definition) is 9. The van der Waals surface area contributed by atoms with Crippen LogP contribution in [0.5, 0.6) is 0 Å². The highest BCUT2D eigenvalue weighted by Crippen LogP contribution is 2.72. The van der Waals surface area contributed by atoms with E-state index in [1.54, 1.807) is 35.4 Å². The number of piperidine rings is 1. The maximum atomic E-state index is 13.9. The summed E-state index contributed by atoms with van der Waals surface area (Å²) in [7, 11) is 0. The zero-order chi connectivity index (χ0) is 77.4. The number of aliphatic carboxylic acids is 1. The number of nitrogens with two attached hydrogens (primary N) is 1. The largest absolute Gasteiger partial charge is 0.481 e. The normalized spacial score (nSPS) is 21.7. The molecule has 5 atom stereocenters. The molecule has 8 amide bonds. The molecule has 4 bridgehead atoms. The number of pyridine rings is 1. The summed E-state index contributed by atoms with van der Waals surface area (Å²) in [4.78, 5) is 131. The Labute approximate surface area is 638 Å². The van der Waals surface area contributed by atoms with E-state index in [0.717, 1.165) is 70.5 Å². The predicted octanol–water partition coefficient (Wildman–Crippen LogP) is 9.77. The number of aromatic carboxylic acids is 1. The molecule has 0 spiro atoms. The molecule has 10 N–H and O–H groups in total. The van der Waals surface area contributed by atoms with Crippen molar-refractivity contribution in [3.63, 3.8) is 0 Å². The molecular weight excluding hydrogens is 1410 g/mol. The number of aromatic nitrogens is 4. The summed E-state index contributed by atoms with van der Waals surface area (Å²) in [5.74, 6) is -3.52. The summed E-state index contributed by atoms with van der Waals surface area (Å²) < 4.78 is 16.1. The van der Waals surface area contributed by atoms with Crippen LogP contribution in [-0.2, 0) is 59.6 Å². The van der Waals surface area contributed by atoms with Gasteiger partial charge in [-0.15, -0.1) is 0 Å². The molecule has 109 heavy (non-hydrogen) atoms. The highest BCUT2D eigenvalue weighted by molar-refractivity contribution is 7.22. The van der Waals surface area contributed by atoms with Gasteiger partial charge in [0.05, 0.1) is 40.7 Å². The summed E-state index contributed by atoms with van der Waals surface area (Å²) in [6, 6.07) is 21.6. The van der Waals surface area contributed by atoms with E-state index in [4.69, 9.17) is 25.3 Å². The van der Waals surface area contributed by atoms with Gasteiger partial charge in [-0.1, -0.05) is 81.9 Å². The van der Waals surface area contributed by atoms with Gasteiger partial charge in [-0.2, -0.15) is 5.10 Å². The Kier molecular flexibility index (Phi) is 24.7. The molecule has 28 nitrogen and oxygen atoms in total. The van der Waals surface area contributed by atoms with Crippen LogP contribution >= 0.6 is 11.3 Å². The highest BCUT2D eigenvalue weighted by atomic mass is 32.1. The second kappa shape index (κ2) is 34.1. The van der Waals surface area contributed by atoms with Crippen molar-refractivity contribution in [2.45, 2.75) is 193 Å². The summed E-state index contributed by atoms with van der Waals surface area (Å²) in [5, 5.41) is 51.8. The second-order valence-corrected chi connectivity index (χ2v) is 32.9. The van der Waals surface area contributed by atoms with E-state index < -0.39 is 53.9 Å². The third kappa shape index (κ3) is 19.3. The van der Waals surface area contributed by atoms with Crippen molar-refractivity contribution in [2.24, 2.45) is 27.9 Å². The number of fused-ring (bicyclic) bond motifs is 2. The molecule has 7 aliphatic rings. The van der Waals surface area contributed by atoms with Crippen LogP contribution in [0.25, 0.3) is 21.3 Å². The average molecular weight is 1520 g/mol. The first-order valence-corrected chi connectivity index (χ1v) is 39.0. The number of imide groups is 1. The molecule has 1 saturated heterocycles. The highest BCUT2D eigenvalue weighted by Gasteiger charge is 2.66. The number of aliphatic hydroxyl groups excluding tert-OH is 1. The van der Waals surface area contributed by atoms with Crippen molar-refractivity contribution >= 4 is 91.8 Å². The molecule has 582 valence electrons. The van der Waals surface area contributed by atoms with E-state index in [1.807, 2.05) is 80.3 Å². The van der Waals surface area contributed by atoms with Crippen molar-refractivity contribution in [1.29, 1.82) is 0 Å². The number of nitrogens with one attached hydrogen (secondary N) is 5. The van der Waals surface area contributed by atoms with Crippen molar-refractivity contribution in [1.82, 2.24) is 50.4 Å². The molecule has 0 radical (unpaired) electrons. The lowest BCUT2D eigenvalue weighted by Gasteiger charge is -2.69. The van der Waals surface area contributed by atoms with Crippen LogP contribution in [0.2, 0.25) is 0 Å². The number of aliphatic hydroxyl groups is 1. The van der Waals surface area contributed by atoms with Crippen molar-refractivity contribution < 1.29 is 67.9 Å². The number of benzene rings is 3. The van der Waals surface area contributed by atoms with E-state index in [-0.39, 0.29) is 96.5 Å². The van der Waals surface area contributed by atoms with E-state index in [1.165, 1.54) is 23.5 Å². The topological polar surface area (TPSA) is 376 Å². The maximum absolute atomic E-state index is 13.9. The number of nitrogens with zero attached hydrogens (tertiary/aromatic N) is 8. The van der Waals surface area contributed by atoms with E-state index >= 15 is 0 Å². The number of rotatable bonds is 35. The van der Waals surface area contributed by atoms with Gasteiger partial charge in [-0.05, 0) is 185 Å². The lowest BCUT2D eigenvalue weighted by atomic mass is 9.39. The number of hydrogen-bond acceptors (Lipinski definition) is 19. The summed E-state index contributed by atoms with van der Waals surface area (Å²) in [6.07, 6.45) is 12.9.